The summed E-state index contributed by atoms with van der Waals surface area (Å²) in [5, 5.41) is 2.27. The van der Waals surface area contributed by atoms with Gasteiger partial charge >= 0.3 is 0 Å². The smallest absolute Gasteiger partial charge is 0.239 e. The largest absolute Gasteiger partial charge is 0.398 e. The second-order valence-electron chi connectivity index (χ2n) is 5.09. The van der Waals surface area contributed by atoms with Crippen molar-refractivity contribution in [3.05, 3.63) is 23.8 Å². The Morgan fingerprint density at radius 2 is 2.00 bits per heavy atom. The van der Waals surface area contributed by atoms with Crippen LogP contribution in [-0.4, -0.2) is 21.1 Å². The number of nitrogens with two attached hydrogens (primary N) is 1. The highest BCUT2D eigenvalue weighted by atomic mass is 32.2. The normalized spacial score (nSPS) is 14.2. The zero-order chi connectivity index (χ0) is 14.6. The molecule has 5 heteroatoms. The lowest BCUT2D eigenvalue weighted by Crippen LogP contribution is -2.31. The van der Waals surface area contributed by atoms with Gasteiger partial charge in [-0.3, -0.25) is 9.00 Å². The van der Waals surface area contributed by atoms with Crippen LogP contribution in [0.3, 0.4) is 0 Å². The summed E-state index contributed by atoms with van der Waals surface area (Å²) >= 11 is 0. The molecule has 2 unspecified atom stereocenters. The minimum absolute atomic E-state index is 0.229. The second-order valence-corrected chi connectivity index (χ2v) is 6.89. The molecule has 0 aromatic heterocycles. The summed E-state index contributed by atoms with van der Waals surface area (Å²) in [5.74, 6) is 0.614. The molecular weight excluding hydrogens is 260 g/mol. The van der Waals surface area contributed by atoms with Gasteiger partial charge in [0.15, 0.2) is 0 Å². The summed E-state index contributed by atoms with van der Waals surface area (Å²) in [5.41, 5.74) is 7.93. The molecule has 0 aliphatic rings. The number of anilines is 2. The van der Waals surface area contributed by atoms with E-state index in [1.165, 1.54) is 0 Å². The van der Waals surface area contributed by atoms with E-state index < -0.39 is 16.0 Å². The number of amides is 1. The quantitative estimate of drug-likeness (QED) is 0.814. The Labute approximate surface area is 117 Å². The maximum absolute atomic E-state index is 12.1. The van der Waals surface area contributed by atoms with Crippen molar-refractivity contribution in [3.8, 4) is 0 Å². The zero-order valence-electron chi connectivity index (χ0n) is 11.9. The maximum Gasteiger partial charge on any atom is 0.239 e. The third kappa shape index (κ3) is 4.35. The highest BCUT2D eigenvalue weighted by molar-refractivity contribution is 7.86. The molecule has 0 aliphatic heterocycles. The number of carbonyl (C=O) groups excluding carboxylic acids is 1. The van der Waals surface area contributed by atoms with Gasteiger partial charge in [-0.15, -0.1) is 0 Å². The molecule has 1 amide bonds. The van der Waals surface area contributed by atoms with Crippen molar-refractivity contribution < 1.29 is 9.00 Å². The third-order valence-electron chi connectivity index (χ3n) is 2.89. The van der Waals surface area contributed by atoms with Crippen molar-refractivity contribution in [1.82, 2.24) is 0 Å². The lowest BCUT2D eigenvalue weighted by molar-refractivity contribution is -0.115. The molecule has 2 atom stereocenters. The molecule has 1 rings (SSSR count). The minimum Gasteiger partial charge on any atom is -0.398 e. The number of carbonyl (C=O) groups is 1. The van der Waals surface area contributed by atoms with Crippen LogP contribution < -0.4 is 11.1 Å². The van der Waals surface area contributed by atoms with E-state index in [4.69, 9.17) is 5.73 Å². The molecule has 1 aromatic carbocycles. The Morgan fingerprint density at radius 1 is 1.37 bits per heavy atom. The minimum atomic E-state index is -1.15. The average Bonchev–Trinajstić information content (AvgIpc) is 2.33. The van der Waals surface area contributed by atoms with Gasteiger partial charge in [-0.25, -0.2) is 0 Å². The van der Waals surface area contributed by atoms with Crippen LogP contribution in [0.4, 0.5) is 11.4 Å². The SMILES string of the molecule is Cc1c(N)cccc1NC(=O)C(C)S(=O)CC(C)C. The molecule has 0 fully saturated rings. The first-order valence-electron chi connectivity index (χ1n) is 6.36. The highest BCUT2D eigenvalue weighted by Crippen LogP contribution is 2.21. The average molecular weight is 282 g/mol. The molecule has 0 heterocycles. The molecule has 0 radical (unpaired) electrons. The van der Waals surface area contributed by atoms with E-state index in [0.29, 0.717) is 23.0 Å². The molecule has 0 saturated heterocycles. The van der Waals surface area contributed by atoms with Gasteiger partial charge in [0.05, 0.1) is 0 Å². The van der Waals surface area contributed by atoms with Crippen LogP contribution in [0.15, 0.2) is 18.2 Å². The van der Waals surface area contributed by atoms with E-state index in [1.54, 1.807) is 25.1 Å². The molecule has 106 valence electrons. The number of benzene rings is 1. The van der Waals surface area contributed by atoms with Crippen molar-refractivity contribution in [1.29, 1.82) is 0 Å². The lowest BCUT2D eigenvalue weighted by Gasteiger charge is -2.15. The summed E-state index contributed by atoms with van der Waals surface area (Å²) in [4.78, 5) is 12.1. The molecular formula is C14H22N2O2S. The maximum atomic E-state index is 12.1. The van der Waals surface area contributed by atoms with Crippen molar-refractivity contribution >= 4 is 28.1 Å². The fourth-order valence-corrected chi connectivity index (χ4v) is 2.86. The van der Waals surface area contributed by atoms with E-state index in [9.17, 15) is 9.00 Å². The van der Waals surface area contributed by atoms with Gasteiger partial charge < -0.3 is 11.1 Å². The molecule has 19 heavy (non-hydrogen) atoms. The van der Waals surface area contributed by atoms with E-state index in [1.807, 2.05) is 20.8 Å². The number of nitrogens with one attached hydrogen (secondary N) is 1. The molecule has 0 saturated carbocycles. The van der Waals surface area contributed by atoms with Gasteiger partial charge in [0, 0.05) is 27.9 Å². The fourth-order valence-electron chi connectivity index (χ4n) is 1.62. The van der Waals surface area contributed by atoms with Crippen LogP contribution in [0.5, 0.6) is 0 Å². The van der Waals surface area contributed by atoms with E-state index in [-0.39, 0.29) is 5.91 Å². The lowest BCUT2D eigenvalue weighted by atomic mass is 10.1. The Hall–Kier alpha value is -1.36. The van der Waals surface area contributed by atoms with Gasteiger partial charge in [0.2, 0.25) is 5.91 Å². The second kappa shape index (κ2) is 6.70. The standard InChI is InChI=1S/C14H22N2O2S/c1-9(2)8-19(18)11(4)14(17)16-13-7-5-6-12(15)10(13)3/h5-7,9,11H,8,15H2,1-4H3,(H,16,17). The fraction of sp³-hybridized carbons (Fsp3) is 0.500. The predicted molar refractivity (Wildman–Crippen MR) is 81.5 cm³/mol. The van der Waals surface area contributed by atoms with Gasteiger partial charge in [0.1, 0.15) is 5.25 Å². The third-order valence-corrected chi connectivity index (χ3v) is 4.89. The van der Waals surface area contributed by atoms with Gasteiger partial charge in [-0.2, -0.15) is 0 Å². The number of nitrogen functional groups attached to an aromatic ring is 1. The Kier molecular flexibility index (Phi) is 5.54. The Bertz CT molecular complexity index is 486. The van der Waals surface area contributed by atoms with Crippen LogP contribution in [0.25, 0.3) is 0 Å². The first-order valence-corrected chi connectivity index (χ1v) is 7.74. The predicted octanol–water partition coefficient (Wildman–Crippen LogP) is 2.31. The van der Waals surface area contributed by atoms with Crippen LogP contribution in [0.1, 0.15) is 26.3 Å². The van der Waals surface area contributed by atoms with Crippen LogP contribution in [0, 0.1) is 12.8 Å². The van der Waals surface area contributed by atoms with Gasteiger partial charge in [0.25, 0.3) is 0 Å². The van der Waals surface area contributed by atoms with Crippen LogP contribution >= 0.6 is 0 Å². The highest BCUT2D eigenvalue weighted by Gasteiger charge is 2.21. The van der Waals surface area contributed by atoms with Crippen molar-refractivity contribution in [3.63, 3.8) is 0 Å². The zero-order valence-corrected chi connectivity index (χ0v) is 12.7. The summed E-state index contributed by atoms with van der Waals surface area (Å²) in [6, 6.07) is 5.36. The number of rotatable bonds is 5. The van der Waals surface area contributed by atoms with Crippen LogP contribution in [0.2, 0.25) is 0 Å². The number of hydrogen-bond donors (Lipinski definition) is 2. The molecule has 0 aliphatic carbocycles. The Morgan fingerprint density at radius 3 is 2.58 bits per heavy atom. The van der Waals surface area contributed by atoms with Gasteiger partial charge in [-0.1, -0.05) is 19.9 Å². The number of hydrogen-bond acceptors (Lipinski definition) is 3. The van der Waals surface area contributed by atoms with Gasteiger partial charge in [-0.05, 0) is 37.5 Å². The van der Waals surface area contributed by atoms with E-state index in [0.717, 1.165) is 5.56 Å². The Balaban J connectivity index is 2.74. The first-order chi connectivity index (χ1) is 8.82. The topological polar surface area (TPSA) is 72.2 Å². The van der Waals surface area contributed by atoms with E-state index in [2.05, 4.69) is 5.32 Å². The van der Waals surface area contributed by atoms with Crippen LogP contribution in [-0.2, 0) is 15.6 Å². The monoisotopic (exact) mass is 282 g/mol. The van der Waals surface area contributed by atoms with Crippen molar-refractivity contribution in [2.45, 2.75) is 32.9 Å². The van der Waals surface area contributed by atoms with Crippen molar-refractivity contribution in [2.24, 2.45) is 5.92 Å². The molecule has 3 N–H and O–H groups in total. The summed E-state index contributed by atoms with van der Waals surface area (Å²) < 4.78 is 12.0. The molecule has 0 bridgehead atoms. The summed E-state index contributed by atoms with van der Waals surface area (Å²) in [6.45, 7) is 7.52. The van der Waals surface area contributed by atoms with Crippen molar-refractivity contribution in [2.75, 3.05) is 16.8 Å². The van der Waals surface area contributed by atoms with E-state index >= 15 is 0 Å². The molecule has 1 aromatic rings. The molecule has 4 nitrogen and oxygen atoms in total. The first kappa shape index (κ1) is 15.7. The summed E-state index contributed by atoms with van der Waals surface area (Å²) in [6.07, 6.45) is 0. The molecule has 0 spiro atoms. The summed E-state index contributed by atoms with van der Waals surface area (Å²) in [7, 11) is -1.15.